The Balaban J connectivity index is 1.86. The van der Waals surface area contributed by atoms with Gasteiger partial charge in [0, 0.05) is 11.4 Å². The maximum Gasteiger partial charge on any atom is 0.262 e. The molecule has 0 radical (unpaired) electrons. The summed E-state index contributed by atoms with van der Waals surface area (Å²) >= 11 is 0. The number of hydrogen-bond donors (Lipinski definition) is 1. The Kier molecular flexibility index (Phi) is 4.05. The molecule has 1 amide bonds. The van der Waals surface area contributed by atoms with Crippen molar-refractivity contribution in [2.24, 2.45) is 0 Å². The van der Waals surface area contributed by atoms with Crippen LogP contribution in [-0.2, 0) is 0 Å². The molecule has 26 heavy (non-hydrogen) atoms. The number of benzene rings is 3. The van der Waals surface area contributed by atoms with Gasteiger partial charge < -0.3 is 10.1 Å². The molecule has 0 saturated heterocycles. The van der Waals surface area contributed by atoms with Gasteiger partial charge in [0.2, 0.25) is 0 Å². The van der Waals surface area contributed by atoms with E-state index in [0.717, 1.165) is 16.9 Å². The number of hydrogen-bond acceptors (Lipinski definition) is 3. The van der Waals surface area contributed by atoms with Crippen LogP contribution in [0.2, 0.25) is 0 Å². The smallest absolute Gasteiger partial charge is 0.262 e. The molecule has 4 rings (SSSR count). The van der Waals surface area contributed by atoms with Crippen LogP contribution in [0.3, 0.4) is 0 Å². The van der Waals surface area contributed by atoms with Gasteiger partial charge in [0.1, 0.15) is 6.17 Å². The van der Waals surface area contributed by atoms with Crippen LogP contribution in [0.15, 0.2) is 72.8 Å². The lowest BCUT2D eigenvalue weighted by Crippen LogP contribution is -2.43. The second-order valence-electron chi connectivity index (χ2n) is 6.00. The molecule has 4 nitrogen and oxygen atoms in total. The first kappa shape index (κ1) is 16.1. The van der Waals surface area contributed by atoms with Gasteiger partial charge in [-0.1, -0.05) is 36.4 Å². The first-order valence-electron chi connectivity index (χ1n) is 8.26. The highest BCUT2D eigenvalue weighted by molar-refractivity contribution is 6.12. The summed E-state index contributed by atoms with van der Waals surface area (Å²) in [5.41, 5.74) is 2.84. The fourth-order valence-corrected chi connectivity index (χ4v) is 3.19. The monoisotopic (exact) mass is 348 g/mol. The number of para-hydroxylation sites is 2. The van der Waals surface area contributed by atoms with Crippen molar-refractivity contribution in [2.75, 3.05) is 17.3 Å². The van der Waals surface area contributed by atoms with Gasteiger partial charge in [-0.15, -0.1) is 0 Å². The van der Waals surface area contributed by atoms with E-state index in [1.807, 2.05) is 48.5 Å². The second-order valence-corrected chi connectivity index (χ2v) is 6.00. The number of ether oxygens (including phenoxy) is 1. The number of anilines is 2. The Labute approximate surface area is 150 Å². The SMILES string of the molecule is COc1cc(C2Nc3ccccc3C(=O)N2c2ccccc2)ccc1F. The van der Waals surface area contributed by atoms with E-state index < -0.39 is 12.0 Å². The minimum atomic E-state index is -0.478. The topological polar surface area (TPSA) is 41.6 Å². The summed E-state index contributed by atoms with van der Waals surface area (Å²) in [7, 11) is 1.42. The second kappa shape index (κ2) is 6.52. The van der Waals surface area contributed by atoms with Crippen molar-refractivity contribution in [2.45, 2.75) is 6.17 Å². The summed E-state index contributed by atoms with van der Waals surface area (Å²) in [6, 6.07) is 21.4. The molecule has 0 aromatic heterocycles. The molecule has 1 unspecified atom stereocenters. The molecular weight excluding hydrogens is 331 g/mol. The molecule has 1 N–H and O–H groups in total. The maximum atomic E-state index is 13.8. The van der Waals surface area contributed by atoms with Crippen LogP contribution in [0.25, 0.3) is 0 Å². The van der Waals surface area contributed by atoms with Crippen molar-refractivity contribution >= 4 is 17.3 Å². The highest BCUT2D eigenvalue weighted by Gasteiger charge is 2.34. The quantitative estimate of drug-likeness (QED) is 0.752. The van der Waals surface area contributed by atoms with Gasteiger partial charge in [-0.2, -0.15) is 0 Å². The summed E-state index contributed by atoms with van der Waals surface area (Å²) in [5.74, 6) is -0.410. The van der Waals surface area contributed by atoms with Crippen LogP contribution in [0, 0.1) is 5.82 Å². The lowest BCUT2D eigenvalue weighted by Gasteiger charge is -2.38. The van der Waals surface area contributed by atoms with E-state index in [1.54, 1.807) is 23.1 Å². The van der Waals surface area contributed by atoms with Crippen LogP contribution < -0.4 is 15.0 Å². The molecule has 0 fully saturated rings. The van der Waals surface area contributed by atoms with E-state index in [2.05, 4.69) is 5.32 Å². The predicted molar refractivity (Wildman–Crippen MR) is 99.0 cm³/mol. The third kappa shape index (κ3) is 2.67. The fraction of sp³-hybridized carbons (Fsp3) is 0.0952. The Morgan fingerprint density at radius 1 is 1.00 bits per heavy atom. The molecule has 1 aliphatic heterocycles. The van der Waals surface area contributed by atoms with Crippen LogP contribution in [0.4, 0.5) is 15.8 Å². The molecule has 1 heterocycles. The normalized spacial score (nSPS) is 16.0. The molecule has 0 aliphatic carbocycles. The molecular formula is C21H17FN2O2. The number of halogens is 1. The van der Waals surface area contributed by atoms with Crippen LogP contribution in [0.1, 0.15) is 22.1 Å². The van der Waals surface area contributed by atoms with E-state index in [0.29, 0.717) is 5.56 Å². The number of nitrogens with one attached hydrogen (secondary N) is 1. The van der Waals surface area contributed by atoms with Crippen LogP contribution >= 0.6 is 0 Å². The van der Waals surface area contributed by atoms with Gasteiger partial charge in [-0.25, -0.2) is 4.39 Å². The number of carbonyl (C=O) groups is 1. The van der Waals surface area contributed by atoms with Crippen molar-refractivity contribution in [3.05, 3.63) is 89.7 Å². The highest BCUT2D eigenvalue weighted by atomic mass is 19.1. The predicted octanol–water partition coefficient (Wildman–Crippen LogP) is 4.61. The van der Waals surface area contributed by atoms with E-state index >= 15 is 0 Å². The zero-order valence-electron chi connectivity index (χ0n) is 14.1. The third-order valence-corrected chi connectivity index (χ3v) is 4.45. The number of fused-ring (bicyclic) bond motifs is 1. The van der Waals surface area contributed by atoms with Crippen molar-refractivity contribution in [1.82, 2.24) is 0 Å². The van der Waals surface area contributed by atoms with Crippen molar-refractivity contribution in [3.63, 3.8) is 0 Å². The number of rotatable bonds is 3. The summed E-state index contributed by atoms with van der Waals surface area (Å²) < 4.78 is 19.0. The Bertz CT molecular complexity index is 959. The van der Waals surface area contributed by atoms with Gasteiger partial charge in [0.15, 0.2) is 11.6 Å². The lowest BCUT2D eigenvalue weighted by atomic mass is 10.0. The van der Waals surface area contributed by atoms with Gasteiger partial charge in [0.05, 0.1) is 12.7 Å². The van der Waals surface area contributed by atoms with Gasteiger partial charge in [-0.05, 0) is 42.0 Å². The van der Waals surface area contributed by atoms with E-state index in [-0.39, 0.29) is 11.7 Å². The van der Waals surface area contributed by atoms with Crippen molar-refractivity contribution < 1.29 is 13.9 Å². The average Bonchev–Trinajstić information content (AvgIpc) is 2.69. The summed E-state index contributed by atoms with van der Waals surface area (Å²) in [4.78, 5) is 14.9. The van der Waals surface area contributed by atoms with Crippen molar-refractivity contribution in [3.8, 4) is 5.75 Å². The number of carbonyl (C=O) groups excluding carboxylic acids is 1. The Morgan fingerprint density at radius 3 is 2.50 bits per heavy atom. The zero-order valence-corrected chi connectivity index (χ0v) is 14.1. The molecule has 1 aliphatic rings. The summed E-state index contributed by atoms with van der Waals surface area (Å²) in [6.07, 6.45) is -0.478. The number of nitrogens with zero attached hydrogens (tertiary/aromatic N) is 1. The van der Waals surface area contributed by atoms with E-state index in [9.17, 15) is 9.18 Å². The van der Waals surface area contributed by atoms with Gasteiger partial charge in [0.25, 0.3) is 5.91 Å². The average molecular weight is 348 g/mol. The summed E-state index contributed by atoms with van der Waals surface area (Å²) in [6.45, 7) is 0. The minimum Gasteiger partial charge on any atom is -0.494 e. The molecule has 3 aromatic rings. The lowest BCUT2D eigenvalue weighted by molar-refractivity contribution is 0.0975. The molecule has 0 saturated carbocycles. The summed E-state index contributed by atoms with van der Waals surface area (Å²) in [5, 5.41) is 3.39. The minimum absolute atomic E-state index is 0.112. The molecule has 1 atom stereocenters. The standard InChI is InChI=1S/C21H17FN2O2/c1-26-19-13-14(11-12-17(19)22)20-23-18-10-6-5-9-16(18)21(25)24(20)15-7-3-2-4-8-15/h2-13,20,23H,1H3. The Morgan fingerprint density at radius 2 is 1.73 bits per heavy atom. The third-order valence-electron chi connectivity index (χ3n) is 4.45. The van der Waals surface area contributed by atoms with Crippen LogP contribution in [0.5, 0.6) is 5.75 Å². The molecule has 0 spiro atoms. The Hall–Kier alpha value is -3.34. The number of methoxy groups -OCH3 is 1. The fourth-order valence-electron chi connectivity index (χ4n) is 3.19. The molecule has 130 valence electrons. The molecule has 3 aromatic carbocycles. The molecule has 0 bridgehead atoms. The first-order valence-corrected chi connectivity index (χ1v) is 8.26. The highest BCUT2D eigenvalue weighted by Crippen LogP contribution is 2.37. The largest absolute Gasteiger partial charge is 0.494 e. The van der Waals surface area contributed by atoms with Crippen molar-refractivity contribution in [1.29, 1.82) is 0 Å². The van der Waals surface area contributed by atoms with Gasteiger partial charge in [-0.3, -0.25) is 9.69 Å². The van der Waals surface area contributed by atoms with E-state index in [4.69, 9.17) is 4.74 Å². The first-order chi connectivity index (χ1) is 12.7. The molecule has 5 heteroatoms. The van der Waals surface area contributed by atoms with Gasteiger partial charge >= 0.3 is 0 Å². The zero-order chi connectivity index (χ0) is 18.1. The van der Waals surface area contributed by atoms with E-state index in [1.165, 1.54) is 13.2 Å². The number of amides is 1. The van der Waals surface area contributed by atoms with Crippen LogP contribution in [-0.4, -0.2) is 13.0 Å². The maximum absolute atomic E-state index is 13.8.